The zero-order chi connectivity index (χ0) is 15.4. The fourth-order valence-electron chi connectivity index (χ4n) is 2.26. The van der Waals surface area contributed by atoms with E-state index < -0.39 is 0 Å². The highest BCUT2D eigenvalue weighted by Gasteiger charge is 2.22. The van der Waals surface area contributed by atoms with Gasteiger partial charge in [0.25, 0.3) is 0 Å². The van der Waals surface area contributed by atoms with Gasteiger partial charge in [-0.05, 0) is 49.3 Å². The Morgan fingerprint density at radius 3 is 2.38 bits per heavy atom. The molecule has 0 amide bonds. The number of methoxy groups -OCH3 is 1. The van der Waals surface area contributed by atoms with Gasteiger partial charge in [-0.25, -0.2) is 4.79 Å². The van der Waals surface area contributed by atoms with E-state index in [1.807, 2.05) is 18.2 Å². The van der Waals surface area contributed by atoms with Crippen LogP contribution in [0.1, 0.15) is 26.7 Å². The van der Waals surface area contributed by atoms with Crippen molar-refractivity contribution in [1.82, 2.24) is 0 Å². The van der Waals surface area contributed by atoms with Gasteiger partial charge >= 0.3 is 5.97 Å². The normalized spacial score (nSPS) is 15.2. The fourth-order valence-corrected chi connectivity index (χ4v) is 3.45. The molecule has 21 heavy (non-hydrogen) atoms. The van der Waals surface area contributed by atoms with E-state index in [1.165, 1.54) is 28.1 Å². The van der Waals surface area contributed by atoms with Crippen LogP contribution in [0.15, 0.2) is 69.0 Å². The van der Waals surface area contributed by atoms with E-state index in [9.17, 15) is 4.79 Å². The maximum Gasteiger partial charge on any atom is 0.337 e. The molecule has 1 aromatic carbocycles. The number of carbonyl (C=O) groups is 1. The SMILES string of the molecule is C=C(C(=O)OC)C1=C(Sc2ccccc2)CC(C)=C(C)C1. The topological polar surface area (TPSA) is 26.3 Å². The van der Waals surface area contributed by atoms with Gasteiger partial charge in [0, 0.05) is 4.90 Å². The molecule has 0 atom stereocenters. The van der Waals surface area contributed by atoms with Crippen LogP contribution in [0.2, 0.25) is 0 Å². The minimum atomic E-state index is -0.344. The summed E-state index contributed by atoms with van der Waals surface area (Å²) in [5, 5.41) is 0. The van der Waals surface area contributed by atoms with Crippen LogP contribution >= 0.6 is 11.8 Å². The lowest BCUT2D eigenvalue weighted by atomic mass is 9.89. The van der Waals surface area contributed by atoms with Crippen molar-refractivity contribution in [2.45, 2.75) is 31.6 Å². The van der Waals surface area contributed by atoms with Crippen LogP contribution in [0, 0.1) is 0 Å². The molecule has 0 bridgehead atoms. The third kappa shape index (κ3) is 3.67. The molecule has 0 fully saturated rings. The Labute approximate surface area is 130 Å². The molecule has 110 valence electrons. The molecule has 0 radical (unpaired) electrons. The first kappa shape index (κ1) is 15.6. The third-order valence-electron chi connectivity index (χ3n) is 3.71. The largest absolute Gasteiger partial charge is 0.465 e. The van der Waals surface area contributed by atoms with Gasteiger partial charge in [-0.2, -0.15) is 0 Å². The van der Waals surface area contributed by atoms with Crippen LogP contribution in [-0.2, 0) is 9.53 Å². The molecular weight excluding hydrogens is 280 g/mol. The van der Waals surface area contributed by atoms with Crippen molar-refractivity contribution in [1.29, 1.82) is 0 Å². The molecule has 0 spiro atoms. The Balaban J connectivity index is 2.34. The lowest BCUT2D eigenvalue weighted by molar-refractivity contribution is -0.135. The molecule has 0 aromatic heterocycles. The van der Waals surface area contributed by atoms with Crippen LogP contribution in [0.25, 0.3) is 0 Å². The highest BCUT2D eigenvalue weighted by atomic mass is 32.2. The highest BCUT2D eigenvalue weighted by Crippen LogP contribution is 2.41. The molecule has 0 saturated heterocycles. The second-order valence-electron chi connectivity index (χ2n) is 5.20. The van der Waals surface area contributed by atoms with Gasteiger partial charge in [0.2, 0.25) is 0 Å². The number of benzene rings is 1. The molecule has 2 rings (SSSR count). The average Bonchev–Trinajstić information content (AvgIpc) is 2.50. The van der Waals surface area contributed by atoms with Crippen LogP contribution in [0.5, 0.6) is 0 Å². The quantitative estimate of drug-likeness (QED) is 0.450. The summed E-state index contributed by atoms with van der Waals surface area (Å²) in [4.78, 5) is 14.2. The predicted octanol–water partition coefficient (Wildman–Crippen LogP) is 4.89. The summed E-state index contributed by atoms with van der Waals surface area (Å²) in [5.41, 5.74) is 4.17. The van der Waals surface area contributed by atoms with Crippen LogP contribution in [0.3, 0.4) is 0 Å². The van der Waals surface area contributed by atoms with Gasteiger partial charge in [-0.3, -0.25) is 0 Å². The zero-order valence-corrected chi connectivity index (χ0v) is 13.5. The summed E-state index contributed by atoms with van der Waals surface area (Å²) in [6, 6.07) is 10.2. The maximum absolute atomic E-state index is 11.8. The molecule has 3 heteroatoms. The van der Waals surface area contributed by atoms with E-state index in [-0.39, 0.29) is 5.97 Å². The number of rotatable bonds is 4. The summed E-state index contributed by atoms with van der Waals surface area (Å²) in [7, 11) is 1.40. The first-order valence-corrected chi connectivity index (χ1v) is 7.72. The number of carbonyl (C=O) groups excluding carboxylic acids is 1. The molecular formula is C18H20O2S. The van der Waals surface area contributed by atoms with Crippen molar-refractivity contribution in [3.63, 3.8) is 0 Å². The van der Waals surface area contributed by atoms with Crippen LogP contribution < -0.4 is 0 Å². The lowest BCUT2D eigenvalue weighted by Crippen LogP contribution is -2.11. The second kappa shape index (κ2) is 6.81. The first-order chi connectivity index (χ1) is 10.0. The molecule has 1 aliphatic rings. The Hall–Kier alpha value is -1.74. The number of hydrogen-bond donors (Lipinski definition) is 0. The van der Waals surface area contributed by atoms with Crippen molar-refractivity contribution < 1.29 is 9.53 Å². The Bertz CT molecular complexity index is 624. The van der Waals surface area contributed by atoms with Crippen LogP contribution in [-0.4, -0.2) is 13.1 Å². The van der Waals surface area contributed by atoms with Crippen molar-refractivity contribution in [2.24, 2.45) is 0 Å². The van der Waals surface area contributed by atoms with Gasteiger partial charge in [0.15, 0.2) is 0 Å². The first-order valence-electron chi connectivity index (χ1n) is 6.90. The minimum absolute atomic E-state index is 0.344. The van der Waals surface area contributed by atoms with Crippen LogP contribution in [0.4, 0.5) is 0 Å². The van der Waals surface area contributed by atoms with E-state index in [2.05, 4.69) is 32.6 Å². The molecule has 2 nitrogen and oxygen atoms in total. The van der Waals surface area contributed by atoms with E-state index >= 15 is 0 Å². The summed E-state index contributed by atoms with van der Waals surface area (Å²) in [5.74, 6) is -0.344. The Morgan fingerprint density at radius 1 is 1.14 bits per heavy atom. The predicted molar refractivity (Wildman–Crippen MR) is 88.1 cm³/mol. The zero-order valence-electron chi connectivity index (χ0n) is 12.7. The van der Waals surface area contributed by atoms with Gasteiger partial charge < -0.3 is 4.74 Å². The molecule has 1 aromatic rings. The summed E-state index contributed by atoms with van der Waals surface area (Å²) >= 11 is 1.71. The fraction of sp³-hybridized carbons (Fsp3) is 0.278. The van der Waals surface area contributed by atoms with Gasteiger partial charge in [0.1, 0.15) is 0 Å². The molecule has 0 heterocycles. The molecule has 0 unspecified atom stereocenters. The Morgan fingerprint density at radius 2 is 1.76 bits per heavy atom. The minimum Gasteiger partial charge on any atom is -0.465 e. The van der Waals surface area contributed by atoms with Crippen molar-refractivity contribution in [3.8, 4) is 0 Å². The van der Waals surface area contributed by atoms with Crippen molar-refractivity contribution in [3.05, 3.63) is 64.1 Å². The smallest absolute Gasteiger partial charge is 0.337 e. The monoisotopic (exact) mass is 300 g/mol. The van der Waals surface area contributed by atoms with Crippen molar-refractivity contribution >= 4 is 17.7 Å². The lowest BCUT2D eigenvalue weighted by Gasteiger charge is -2.23. The average molecular weight is 300 g/mol. The highest BCUT2D eigenvalue weighted by molar-refractivity contribution is 8.03. The molecule has 0 aliphatic heterocycles. The van der Waals surface area contributed by atoms with Crippen molar-refractivity contribution in [2.75, 3.05) is 7.11 Å². The van der Waals surface area contributed by atoms with Gasteiger partial charge in [0.05, 0.1) is 12.7 Å². The molecule has 0 N–H and O–H groups in total. The standard InChI is InChI=1S/C18H20O2S/c1-12-10-16(14(3)18(19)20-4)17(11-13(12)2)21-15-8-6-5-7-9-15/h5-9H,3,10-11H2,1-2,4H3. The summed E-state index contributed by atoms with van der Waals surface area (Å²) in [6.45, 7) is 8.20. The number of esters is 1. The number of thioether (sulfide) groups is 1. The summed E-state index contributed by atoms with van der Waals surface area (Å²) in [6.07, 6.45) is 1.64. The number of hydrogen-bond acceptors (Lipinski definition) is 3. The van der Waals surface area contributed by atoms with E-state index in [0.29, 0.717) is 5.57 Å². The van der Waals surface area contributed by atoms with Gasteiger partial charge in [-0.1, -0.05) is 47.7 Å². The van der Waals surface area contributed by atoms with E-state index in [1.54, 1.807) is 11.8 Å². The maximum atomic E-state index is 11.8. The third-order valence-corrected chi connectivity index (χ3v) is 4.86. The number of ether oxygens (including phenoxy) is 1. The Kier molecular flexibility index (Phi) is 5.07. The second-order valence-corrected chi connectivity index (χ2v) is 6.37. The van der Waals surface area contributed by atoms with Gasteiger partial charge in [-0.15, -0.1) is 0 Å². The summed E-state index contributed by atoms with van der Waals surface area (Å²) < 4.78 is 4.83. The molecule has 0 saturated carbocycles. The van der Waals surface area contributed by atoms with E-state index in [0.717, 1.165) is 18.4 Å². The molecule has 1 aliphatic carbocycles. The number of allylic oxidation sites excluding steroid dienone is 3. The van der Waals surface area contributed by atoms with E-state index in [4.69, 9.17) is 4.74 Å².